The van der Waals surface area contributed by atoms with E-state index in [0.29, 0.717) is 5.11 Å². The third kappa shape index (κ3) is 5.72. The number of ether oxygens (including phenoxy) is 2. The molecule has 2 saturated heterocycles. The van der Waals surface area contributed by atoms with Crippen molar-refractivity contribution in [1.82, 2.24) is 19.8 Å². The van der Waals surface area contributed by atoms with Crippen molar-refractivity contribution >= 4 is 23.0 Å². The van der Waals surface area contributed by atoms with Gasteiger partial charge in [-0.1, -0.05) is 6.07 Å². The summed E-state index contributed by atoms with van der Waals surface area (Å²) >= 11 is 5.94. The van der Waals surface area contributed by atoms with Gasteiger partial charge in [-0.15, -0.1) is 0 Å². The molecule has 0 spiro atoms. The van der Waals surface area contributed by atoms with E-state index in [1.807, 2.05) is 44.3 Å². The highest BCUT2D eigenvalue weighted by molar-refractivity contribution is 7.80. The molecule has 8 heteroatoms. The molecule has 0 saturated carbocycles. The molecule has 202 valence electrons. The third-order valence-corrected chi connectivity index (χ3v) is 7.79. The van der Waals surface area contributed by atoms with Gasteiger partial charge in [0.2, 0.25) is 0 Å². The summed E-state index contributed by atoms with van der Waals surface area (Å²) in [5.41, 5.74) is 5.86. The number of anilines is 1. The van der Waals surface area contributed by atoms with E-state index < -0.39 is 0 Å². The van der Waals surface area contributed by atoms with Crippen molar-refractivity contribution in [2.45, 2.75) is 58.8 Å². The molecule has 2 aliphatic heterocycles. The normalized spacial score (nSPS) is 20.2. The molecule has 0 radical (unpaired) electrons. The molecular weight excluding hydrogens is 494 g/mol. The van der Waals surface area contributed by atoms with E-state index in [1.54, 1.807) is 0 Å². The first-order valence-corrected chi connectivity index (χ1v) is 14.1. The summed E-state index contributed by atoms with van der Waals surface area (Å²) in [6.45, 7) is 14.4. The Kier molecular flexibility index (Phi) is 8.31. The average molecular weight is 534 g/mol. The van der Waals surface area contributed by atoms with Crippen molar-refractivity contribution in [1.29, 1.82) is 0 Å². The van der Waals surface area contributed by atoms with Crippen LogP contribution in [0, 0.1) is 13.8 Å². The Labute approximate surface area is 231 Å². The number of benzene rings is 1. The van der Waals surface area contributed by atoms with Crippen LogP contribution < -0.4 is 15.0 Å². The largest absolute Gasteiger partial charge is 0.491 e. The lowest BCUT2D eigenvalue weighted by atomic mass is 9.96. The first-order chi connectivity index (χ1) is 18.4. The molecule has 7 nitrogen and oxygen atoms in total. The number of aromatic nitrogens is 2. The van der Waals surface area contributed by atoms with Gasteiger partial charge in [-0.05, 0) is 94.4 Å². The van der Waals surface area contributed by atoms with Gasteiger partial charge in [0.15, 0.2) is 5.11 Å². The van der Waals surface area contributed by atoms with Crippen LogP contribution in [0.2, 0.25) is 0 Å². The summed E-state index contributed by atoms with van der Waals surface area (Å²) in [6, 6.07) is 16.6. The Bertz CT molecular complexity index is 1220. The van der Waals surface area contributed by atoms with E-state index in [4.69, 9.17) is 26.7 Å². The zero-order valence-electron chi connectivity index (χ0n) is 22.9. The van der Waals surface area contributed by atoms with Gasteiger partial charge in [-0.2, -0.15) is 0 Å². The maximum absolute atomic E-state index is 5.94. The van der Waals surface area contributed by atoms with Crippen LogP contribution in [0.4, 0.5) is 5.69 Å². The molecule has 4 heterocycles. The van der Waals surface area contributed by atoms with Crippen LogP contribution >= 0.6 is 12.2 Å². The van der Waals surface area contributed by atoms with Gasteiger partial charge >= 0.3 is 0 Å². The van der Waals surface area contributed by atoms with Crippen LogP contribution in [0.5, 0.6) is 5.75 Å². The van der Waals surface area contributed by atoms with Gasteiger partial charge < -0.3 is 24.3 Å². The van der Waals surface area contributed by atoms with Gasteiger partial charge in [-0.25, -0.2) is 0 Å². The second kappa shape index (κ2) is 11.8. The summed E-state index contributed by atoms with van der Waals surface area (Å²) in [6.07, 6.45) is 3.10. The lowest BCUT2D eigenvalue weighted by Gasteiger charge is -2.28. The Hall–Kier alpha value is -2.94. The number of pyridine rings is 1. The van der Waals surface area contributed by atoms with Gasteiger partial charge in [0.25, 0.3) is 0 Å². The molecule has 1 N–H and O–H groups in total. The van der Waals surface area contributed by atoms with Gasteiger partial charge in [-0.3, -0.25) is 9.88 Å². The summed E-state index contributed by atoms with van der Waals surface area (Å²) in [7, 11) is 0. The Morgan fingerprint density at radius 2 is 1.84 bits per heavy atom. The van der Waals surface area contributed by atoms with E-state index >= 15 is 0 Å². The van der Waals surface area contributed by atoms with Crippen LogP contribution in [0.1, 0.15) is 55.0 Å². The van der Waals surface area contributed by atoms with Crippen LogP contribution in [-0.2, 0) is 11.3 Å². The number of hydrogen-bond acceptors (Lipinski definition) is 5. The molecule has 0 unspecified atom stereocenters. The molecule has 0 aliphatic carbocycles. The summed E-state index contributed by atoms with van der Waals surface area (Å²) in [4.78, 5) is 9.46. The average Bonchev–Trinajstić information content (AvgIpc) is 3.40. The number of thiocarbonyl (C=S) groups is 1. The second-order valence-corrected chi connectivity index (χ2v) is 10.8. The SMILES string of the molecule is Cc1cc([C@@H]2[C@H](c3ccccn3)NC(=S)N2c2ccc(OC(C)C)cc2)c(C)n1CCCN1CCOCC1. The number of aryl methyl sites for hydroxylation is 1. The molecule has 2 atom stereocenters. The smallest absolute Gasteiger partial charge is 0.174 e. The molecule has 1 aromatic carbocycles. The Morgan fingerprint density at radius 3 is 2.53 bits per heavy atom. The first-order valence-electron chi connectivity index (χ1n) is 13.7. The van der Waals surface area contributed by atoms with Crippen molar-refractivity contribution in [3.8, 4) is 5.75 Å². The lowest BCUT2D eigenvalue weighted by molar-refractivity contribution is 0.0369. The minimum atomic E-state index is -0.0578. The van der Waals surface area contributed by atoms with Crippen molar-refractivity contribution in [3.05, 3.63) is 77.4 Å². The summed E-state index contributed by atoms with van der Waals surface area (Å²) < 4.78 is 13.9. The second-order valence-electron chi connectivity index (χ2n) is 10.4. The number of hydrogen-bond donors (Lipinski definition) is 1. The standard InChI is InChI=1S/C30H39N5O2S/c1-21(2)37-25-11-9-24(10-12-25)35-29(28(32-30(35)38)27-8-5-6-13-31-27)26-20-22(3)34(23(26)4)15-7-14-33-16-18-36-19-17-33/h5-6,8-13,20-21,28-29H,7,14-19H2,1-4H3,(H,32,38)/t28-,29+/m0/s1. The van der Waals surface area contributed by atoms with E-state index in [1.165, 1.54) is 17.0 Å². The predicted molar refractivity (Wildman–Crippen MR) is 156 cm³/mol. The maximum atomic E-state index is 5.94. The molecule has 2 fully saturated rings. The molecule has 2 aromatic heterocycles. The van der Waals surface area contributed by atoms with Gasteiger partial charge in [0.1, 0.15) is 5.75 Å². The Balaban J connectivity index is 1.45. The zero-order valence-corrected chi connectivity index (χ0v) is 23.7. The minimum absolute atomic E-state index is 0.0199. The van der Waals surface area contributed by atoms with Crippen molar-refractivity contribution < 1.29 is 9.47 Å². The van der Waals surface area contributed by atoms with E-state index in [0.717, 1.165) is 62.9 Å². The molecule has 0 bridgehead atoms. The number of nitrogens with zero attached hydrogens (tertiary/aromatic N) is 4. The van der Waals surface area contributed by atoms with E-state index in [-0.39, 0.29) is 18.2 Å². The monoisotopic (exact) mass is 533 g/mol. The fourth-order valence-electron chi connectivity index (χ4n) is 5.65. The zero-order chi connectivity index (χ0) is 26.6. The Morgan fingerprint density at radius 1 is 1.08 bits per heavy atom. The van der Waals surface area contributed by atoms with Crippen molar-refractivity contribution in [3.63, 3.8) is 0 Å². The van der Waals surface area contributed by atoms with Crippen LogP contribution in [0.3, 0.4) is 0 Å². The molecule has 2 aliphatic rings. The lowest BCUT2D eigenvalue weighted by Crippen LogP contribution is -2.37. The van der Waals surface area contributed by atoms with E-state index in [2.05, 4.69) is 57.8 Å². The quantitative estimate of drug-likeness (QED) is 0.380. The topological polar surface area (TPSA) is 54.8 Å². The van der Waals surface area contributed by atoms with Crippen molar-refractivity contribution in [2.75, 3.05) is 37.7 Å². The fourth-order valence-corrected chi connectivity index (χ4v) is 6.00. The van der Waals surface area contributed by atoms with Crippen LogP contribution in [0.15, 0.2) is 54.7 Å². The molecule has 5 rings (SSSR count). The minimum Gasteiger partial charge on any atom is -0.491 e. The van der Waals surface area contributed by atoms with Crippen molar-refractivity contribution in [2.24, 2.45) is 0 Å². The fraction of sp³-hybridized carbons (Fsp3) is 0.467. The summed E-state index contributed by atoms with van der Waals surface area (Å²) in [5, 5.41) is 4.30. The van der Waals surface area contributed by atoms with E-state index in [9.17, 15) is 0 Å². The third-order valence-electron chi connectivity index (χ3n) is 7.48. The summed E-state index contributed by atoms with van der Waals surface area (Å²) in [5.74, 6) is 0.859. The number of morpholine rings is 1. The molecule has 3 aromatic rings. The first kappa shape index (κ1) is 26.7. The highest BCUT2D eigenvalue weighted by atomic mass is 32.1. The molecule has 0 amide bonds. The van der Waals surface area contributed by atoms with Crippen LogP contribution in [0.25, 0.3) is 0 Å². The predicted octanol–water partition coefficient (Wildman–Crippen LogP) is 5.19. The van der Waals surface area contributed by atoms with Gasteiger partial charge in [0.05, 0.1) is 37.1 Å². The molecular formula is C30H39N5O2S. The molecule has 38 heavy (non-hydrogen) atoms. The highest BCUT2D eigenvalue weighted by Crippen LogP contribution is 2.43. The maximum Gasteiger partial charge on any atom is 0.174 e. The number of rotatable bonds is 9. The highest BCUT2D eigenvalue weighted by Gasteiger charge is 2.42. The van der Waals surface area contributed by atoms with Crippen LogP contribution in [-0.4, -0.2) is 58.5 Å². The van der Waals surface area contributed by atoms with Gasteiger partial charge in [0, 0.05) is 49.5 Å². The number of nitrogens with one attached hydrogen (secondary N) is 1.